The molecule has 0 aromatic carbocycles. The van der Waals surface area contributed by atoms with Crippen molar-refractivity contribution in [1.82, 2.24) is 0 Å². The minimum Gasteiger partial charge on any atom is -0.396 e. The summed E-state index contributed by atoms with van der Waals surface area (Å²) in [5, 5.41) is 8.35. The Morgan fingerprint density at radius 1 is 1.71 bits per heavy atom. The van der Waals surface area contributed by atoms with Crippen LogP contribution >= 0.6 is 0 Å². The Bertz CT molecular complexity index is 35.2. The number of hydrogen-bond acceptors (Lipinski definition) is 1. The van der Waals surface area contributed by atoms with E-state index >= 15 is 0 Å². The fourth-order valence-corrected chi connectivity index (χ4v) is 0.370. The second kappa shape index (κ2) is 4.13. The summed E-state index contributed by atoms with van der Waals surface area (Å²) in [5.41, 5.74) is 0. The Morgan fingerprint density at radius 2 is 2.29 bits per heavy atom. The van der Waals surface area contributed by atoms with Crippen LogP contribution in [0, 0.1) is 12.3 Å². The summed E-state index contributed by atoms with van der Waals surface area (Å²) < 4.78 is 0. The first-order chi connectivity index (χ1) is 3.31. The topological polar surface area (TPSA) is 20.2 Å². The number of hydrogen-bond donors (Lipinski definition) is 1. The van der Waals surface area contributed by atoms with Gasteiger partial charge in [0.15, 0.2) is 0 Å². The van der Waals surface area contributed by atoms with Crippen molar-refractivity contribution < 1.29 is 5.11 Å². The lowest BCUT2D eigenvalue weighted by Crippen LogP contribution is -1.95. The maximum absolute atomic E-state index is 8.35. The SMILES string of the molecule is C[CH]C(C)CCO. The van der Waals surface area contributed by atoms with Crippen molar-refractivity contribution in [3.8, 4) is 0 Å². The van der Waals surface area contributed by atoms with Gasteiger partial charge in [-0.15, -0.1) is 0 Å². The van der Waals surface area contributed by atoms with E-state index < -0.39 is 0 Å². The minimum atomic E-state index is 0.311. The summed E-state index contributed by atoms with van der Waals surface area (Å²) in [7, 11) is 0. The smallest absolute Gasteiger partial charge is 0.0433 e. The summed E-state index contributed by atoms with van der Waals surface area (Å²) in [4.78, 5) is 0. The van der Waals surface area contributed by atoms with Gasteiger partial charge in [0.25, 0.3) is 0 Å². The van der Waals surface area contributed by atoms with Gasteiger partial charge in [0.1, 0.15) is 0 Å². The molecule has 0 aliphatic heterocycles. The fraction of sp³-hybridized carbons (Fsp3) is 0.833. The van der Waals surface area contributed by atoms with Gasteiger partial charge < -0.3 is 5.11 Å². The second-order valence-corrected chi connectivity index (χ2v) is 1.82. The van der Waals surface area contributed by atoms with Gasteiger partial charge in [-0.05, 0) is 18.8 Å². The third-order valence-electron chi connectivity index (χ3n) is 1.15. The van der Waals surface area contributed by atoms with Crippen molar-refractivity contribution in [2.45, 2.75) is 20.3 Å². The lowest BCUT2D eigenvalue weighted by molar-refractivity contribution is 0.270. The molecule has 7 heavy (non-hydrogen) atoms. The molecule has 0 aliphatic carbocycles. The maximum Gasteiger partial charge on any atom is 0.0433 e. The summed E-state index contributed by atoms with van der Waals surface area (Å²) in [6.45, 7) is 4.42. The lowest BCUT2D eigenvalue weighted by atomic mass is 10.1. The zero-order chi connectivity index (χ0) is 5.70. The molecule has 0 heterocycles. The molecule has 0 aliphatic rings. The summed E-state index contributed by atoms with van der Waals surface area (Å²) in [6.07, 6.45) is 2.99. The molecule has 0 saturated carbocycles. The Labute approximate surface area is 45.4 Å². The molecule has 0 aromatic heterocycles. The van der Waals surface area contributed by atoms with Gasteiger partial charge in [0, 0.05) is 6.61 Å². The molecule has 1 heteroatoms. The van der Waals surface area contributed by atoms with Crippen molar-refractivity contribution in [3.63, 3.8) is 0 Å². The van der Waals surface area contributed by atoms with Crippen LogP contribution in [0.4, 0.5) is 0 Å². The van der Waals surface area contributed by atoms with E-state index in [-0.39, 0.29) is 0 Å². The van der Waals surface area contributed by atoms with Crippen molar-refractivity contribution in [2.75, 3.05) is 6.61 Å². The van der Waals surface area contributed by atoms with Crippen LogP contribution in [0.25, 0.3) is 0 Å². The van der Waals surface area contributed by atoms with Crippen molar-refractivity contribution >= 4 is 0 Å². The van der Waals surface area contributed by atoms with Crippen LogP contribution in [0.2, 0.25) is 0 Å². The zero-order valence-electron chi connectivity index (χ0n) is 5.02. The highest BCUT2D eigenvalue weighted by Gasteiger charge is 1.93. The molecule has 1 atom stereocenters. The number of rotatable bonds is 3. The molecule has 1 radical (unpaired) electrons. The maximum atomic E-state index is 8.35. The Hall–Kier alpha value is -0.0400. The summed E-state index contributed by atoms with van der Waals surface area (Å²) in [6, 6.07) is 0. The predicted octanol–water partition coefficient (Wildman–Crippen LogP) is 1.23. The molecule has 0 fully saturated rings. The molecule has 0 saturated heterocycles. The van der Waals surface area contributed by atoms with E-state index in [9.17, 15) is 0 Å². The molecule has 0 spiro atoms. The standard InChI is InChI=1S/C6H13O/c1-3-6(2)4-5-7/h3,6-7H,4-5H2,1-2H3. The van der Waals surface area contributed by atoms with Crippen molar-refractivity contribution in [3.05, 3.63) is 6.42 Å². The zero-order valence-corrected chi connectivity index (χ0v) is 5.02. The van der Waals surface area contributed by atoms with Gasteiger partial charge in [-0.3, -0.25) is 0 Å². The van der Waals surface area contributed by atoms with Gasteiger partial charge in [-0.2, -0.15) is 0 Å². The molecule has 0 amide bonds. The van der Waals surface area contributed by atoms with Crippen LogP contribution in [-0.4, -0.2) is 11.7 Å². The molecule has 1 nitrogen and oxygen atoms in total. The molecular formula is C6H13O. The third-order valence-corrected chi connectivity index (χ3v) is 1.15. The first-order valence-electron chi connectivity index (χ1n) is 2.71. The van der Waals surface area contributed by atoms with Crippen LogP contribution in [0.5, 0.6) is 0 Å². The van der Waals surface area contributed by atoms with Crippen molar-refractivity contribution in [2.24, 2.45) is 5.92 Å². The van der Waals surface area contributed by atoms with Crippen LogP contribution in [0.1, 0.15) is 20.3 Å². The minimum absolute atomic E-state index is 0.311. The van der Waals surface area contributed by atoms with Gasteiger partial charge in [-0.1, -0.05) is 13.8 Å². The second-order valence-electron chi connectivity index (χ2n) is 1.82. The average molecular weight is 101 g/mol. The van der Waals surface area contributed by atoms with E-state index in [1.165, 1.54) is 0 Å². The van der Waals surface area contributed by atoms with Crippen molar-refractivity contribution in [1.29, 1.82) is 0 Å². The molecule has 0 bridgehead atoms. The normalized spacial score (nSPS) is 14.1. The fourth-order valence-electron chi connectivity index (χ4n) is 0.370. The Kier molecular flexibility index (Phi) is 4.10. The highest BCUT2D eigenvalue weighted by atomic mass is 16.2. The van der Waals surface area contributed by atoms with E-state index in [4.69, 9.17) is 5.11 Å². The van der Waals surface area contributed by atoms with E-state index in [0.29, 0.717) is 12.5 Å². The van der Waals surface area contributed by atoms with Gasteiger partial charge in [0.2, 0.25) is 0 Å². The highest BCUT2D eigenvalue weighted by molar-refractivity contribution is 4.64. The quantitative estimate of drug-likeness (QED) is 0.567. The Balaban J connectivity index is 2.83. The molecule has 1 unspecified atom stereocenters. The van der Waals surface area contributed by atoms with E-state index in [0.717, 1.165) is 6.42 Å². The van der Waals surface area contributed by atoms with Gasteiger partial charge in [0.05, 0.1) is 0 Å². The first-order valence-corrected chi connectivity index (χ1v) is 2.71. The van der Waals surface area contributed by atoms with Crippen LogP contribution in [0.3, 0.4) is 0 Å². The predicted molar refractivity (Wildman–Crippen MR) is 30.8 cm³/mol. The monoisotopic (exact) mass is 101 g/mol. The van der Waals surface area contributed by atoms with E-state index in [2.05, 4.69) is 13.3 Å². The molecule has 1 N–H and O–H groups in total. The molecule has 0 aromatic rings. The summed E-state index contributed by atoms with van der Waals surface area (Å²) in [5.74, 6) is 0.574. The highest BCUT2D eigenvalue weighted by Crippen LogP contribution is 2.02. The van der Waals surface area contributed by atoms with E-state index in [1.807, 2.05) is 6.92 Å². The first kappa shape index (κ1) is 6.96. The van der Waals surface area contributed by atoms with Crippen LogP contribution in [0.15, 0.2) is 0 Å². The van der Waals surface area contributed by atoms with Crippen LogP contribution < -0.4 is 0 Å². The van der Waals surface area contributed by atoms with Gasteiger partial charge >= 0.3 is 0 Å². The van der Waals surface area contributed by atoms with Crippen LogP contribution in [-0.2, 0) is 0 Å². The number of aliphatic hydroxyl groups excluding tert-OH is 1. The largest absolute Gasteiger partial charge is 0.396 e. The molecular weight excluding hydrogens is 88.1 g/mol. The lowest BCUT2D eigenvalue weighted by Gasteiger charge is -2.01. The molecule has 0 rings (SSSR count). The van der Waals surface area contributed by atoms with E-state index in [1.54, 1.807) is 0 Å². The summed E-state index contributed by atoms with van der Waals surface area (Å²) >= 11 is 0. The average Bonchev–Trinajstić information content (AvgIpc) is 1.68. The van der Waals surface area contributed by atoms with Gasteiger partial charge in [-0.25, -0.2) is 0 Å². The Morgan fingerprint density at radius 3 is 2.43 bits per heavy atom. The molecule has 43 valence electrons. The third kappa shape index (κ3) is 3.80. The number of aliphatic hydroxyl groups is 1.